The molecule has 6 rings (SSSR count). The van der Waals surface area contributed by atoms with Crippen molar-refractivity contribution in [3.8, 4) is 29.0 Å². The predicted octanol–water partition coefficient (Wildman–Crippen LogP) is 5.49. The SMILES string of the molecule is CC#Cc1c(C2CC2)[nH]c2c(-c3nc4c(OCC(F)F)c(C5CCN(CC)CC5)ccc4[nH]3)c(=O)[nH]cc12. The predicted molar refractivity (Wildman–Crippen MR) is 144 cm³/mol. The summed E-state index contributed by atoms with van der Waals surface area (Å²) in [5, 5.41) is 0.842. The van der Waals surface area contributed by atoms with E-state index < -0.39 is 13.0 Å². The number of likely N-dealkylation sites (tertiary alicyclic amines) is 1. The molecule has 1 aliphatic carbocycles. The van der Waals surface area contributed by atoms with Crippen LogP contribution in [-0.2, 0) is 0 Å². The van der Waals surface area contributed by atoms with E-state index in [0.29, 0.717) is 39.6 Å². The van der Waals surface area contributed by atoms with Crippen LogP contribution in [0, 0.1) is 11.8 Å². The number of H-pyrrole nitrogens is 3. The van der Waals surface area contributed by atoms with Crippen molar-refractivity contribution in [2.45, 2.75) is 57.8 Å². The second-order valence-electron chi connectivity index (χ2n) is 10.2. The van der Waals surface area contributed by atoms with Gasteiger partial charge in [0.05, 0.1) is 16.6 Å². The number of aromatic nitrogens is 4. The molecule has 4 aromatic rings. The number of ether oxygens (including phenoxy) is 1. The van der Waals surface area contributed by atoms with Crippen molar-refractivity contribution in [2.24, 2.45) is 0 Å². The molecule has 9 heteroatoms. The molecule has 3 aromatic heterocycles. The minimum absolute atomic E-state index is 0.196. The summed E-state index contributed by atoms with van der Waals surface area (Å²) in [6, 6.07) is 3.87. The second-order valence-corrected chi connectivity index (χ2v) is 10.2. The van der Waals surface area contributed by atoms with Crippen LogP contribution in [0.2, 0.25) is 0 Å². The van der Waals surface area contributed by atoms with Gasteiger partial charge in [0, 0.05) is 23.2 Å². The summed E-state index contributed by atoms with van der Waals surface area (Å²) in [6.45, 7) is 6.14. The lowest BCUT2D eigenvalue weighted by molar-refractivity contribution is 0.0816. The number of aromatic amines is 3. The number of halogens is 2. The summed E-state index contributed by atoms with van der Waals surface area (Å²) in [5.41, 5.74) is 4.71. The molecule has 1 saturated heterocycles. The normalized spacial score (nSPS) is 16.9. The fourth-order valence-electron chi connectivity index (χ4n) is 5.73. The molecule has 0 atom stereocenters. The van der Waals surface area contributed by atoms with E-state index in [-0.39, 0.29) is 11.5 Å². The third-order valence-electron chi connectivity index (χ3n) is 7.83. The molecule has 1 saturated carbocycles. The first kappa shape index (κ1) is 24.7. The number of rotatable bonds is 7. The van der Waals surface area contributed by atoms with Crippen molar-refractivity contribution in [3.63, 3.8) is 0 Å². The molecular weight excluding hydrogens is 488 g/mol. The lowest BCUT2D eigenvalue weighted by Gasteiger charge is -2.32. The summed E-state index contributed by atoms with van der Waals surface area (Å²) < 4.78 is 32.2. The Morgan fingerprint density at radius 3 is 2.63 bits per heavy atom. The molecule has 1 aromatic carbocycles. The lowest BCUT2D eigenvalue weighted by Crippen LogP contribution is -2.32. The van der Waals surface area contributed by atoms with Gasteiger partial charge in [0.15, 0.2) is 5.75 Å². The van der Waals surface area contributed by atoms with Gasteiger partial charge in [-0.1, -0.05) is 18.9 Å². The van der Waals surface area contributed by atoms with Crippen LogP contribution < -0.4 is 10.3 Å². The Balaban J connectivity index is 1.49. The van der Waals surface area contributed by atoms with E-state index in [9.17, 15) is 13.6 Å². The van der Waals surface area contributed by atoms with Crippen LogP contribution in [0.25, 0.3) is 33.3 Å². The molecule has 0 radical (unpaired) electrons. The Morgan fingerprint density at radius 2 is 1.95 bits per heavy atom. The molecule has 2 fully saturated rings. The van der Waals surface area contributed by atoms with Crippen LogP contribution in [0.15, 0.2) is 23.1 Å². The molecule has 3 N–H and O–H groups in total. The number of benzene rings is 1. The number of nitrogens with zero attached hydrogens (tertiary/aromatic N) is 2. The van der Waals surface area contributed by atoms with Gasteiger partial charge in [0.2, 0.25) is 0 Å². The minimum Gasteiger partial charge on any atom is -0.485 e. The molecule has 0 amide bonds. The van der Waals surface area contributed by atoms with Crippen molar-refractivity contribution in [1.82, 2.24) is 24.8 Å². The van der Waals surface area contributed by atoms with Crippen LogP contribution in [0.1, 0.15) is 68.2 Å². The number of pyridine rings is 1. The Bertz CT molecular complexity index is 1610. The van der Waals surface area contributed by atoms with E-state index in [1.54, 1.807) is 13.1 Å². The molecule has 0 unspecified atom stereocenters. The van der Waals surface area contributed by atoms with E-state index in [1.165, 1.54) is 0 Å². The number of piperidine rings is 1. The van der Waals surface area contributed by atoms with E-state index in [1.807, 2.05) is 12.1 Å². The maximum absolute atomic E-state index is 13.2. The highest BCUT2D eigenvalue weighted by Gasteiger charge is 2.31. The first-order valence-electron chi connectivity index (χ1n) is 13.3. The smallest absolute Gasteiger partial charge is 0.272 e. The van der Waals surface area contributed by atoms with Gasteiger partial charge >= 0.3 is 0 Å². The fourth-order valence-corrected chi connectivity index (χ4v) is 5.73. The zero-order valence-electron chi connectivity index (χ0n) is 21.6. The van der Waals surface area contributed by atoms with Gasteiger partial charge in [-0.2, -0.15) is 0 Å². The van der Waals surface area contributed by atoms with Gasteiger partial charge in [-0.05, 0) is 69.8 Å². The van der Waals surface area contributed by atoms with Crippen LogP contribution in [0.3, 0.4) is 0 Å². The highest BCUT2D eigenvalue weighted by Crippen LogP contribution is 2.44. The summed E-state index contributed by atoms with van der Waals surface area (Å²) in [5.74, 6) is 7.55. The maximum Gasteiger partial charge on any atom is 0.272 e. The Morgan fingerprint density at radius 1 is 1.16 bits per heavy atom. The van der Waals surface area contributed by atoms with E-state index in [2.05, 4.69) is 38.6 Å². The van der Waals surface area contributed by atoms with Gasteiger partial charge in [-0.25, -0.2) is 13.8 Å². The quantitative estimate of drug-likeness (QED) is 0.282. The average Bonchev–Trinajstić information content (AvgIpc) is 3.57. The number of hydrogen-bond acceptors (Lipinski definition) is 4. The molecule has 38 heavy (non-hydrogen) atoms. The van der Waals surface area contributed by atoms with Crippen LogP contribution in [0.5, 0.6) is 5.75 Å². The summed E-state index contributed by atoms with van der Waals surface area (Å²) in [4.78, 5) is 29.9. The fraction of sp³-hybridized carbons (Fsp3) is 0.448. The molecule has 0 bridgehead atoms. The molecule has 1 aliphatic heterocycles. The van der Waals surface area contributed by atoms with Gasteiger partial charge < -0.3 is 24.6 Å². The first-order valence-corrected chi connectivity index (χ1v) is 13.3. The zero-order valence-corrected chi connectivity index (χ0v) is 21.6. The van der Waals surface area contributed by atoms with Crippen LogP contribution >= 0.6 is 0 Å². The third kappa shape index (κ3) is 4.37. The molecule has 4 heterocycles. The van der Waals surface area contributed by atoms with Crippen molar-refractivity contribution in [2.75, 3.05) is 26.2 Å². The van der Waals surface area contributed by atoms with Crippen LogP contribution in [0.4, 0.5) is 8.78 Å². The summed E-state index contributed by atoms with van der Waals surface area (Å²) in [7, 11) is 0. The molecule has 2 aliphatic rings. The number of imidazole rings is 1. The van der Waals surface area contributed by atoms with E-state index in [0.717, 1.165) is 67.5 Å². The standard InChI is InChI=1S/C29H31F2N5O2/c1-3-5-19-20-14-32-29(37)23(25(20)34-24(19)17-6-7-17)28-33-21-9-8-18(16-10-12-36(4-2)13-11-16)27(26(21)35-28)38-15-22(30)31/h8-9,14,16-17,22,34H,4,6-7,10-13,15H2,1-2H3,(H,32,37)(H,33,35). The maximum atomic E-state index is 13.2. The van der Waals surface area contributed by atoms with Crippen molar-refractivity contribution < 1.29 is 13.5 Å². The van der Waals surface area contributed by atoms with E-state index in [4.69, 9.17) is 9.72 Å². The topological polar surface area (TPSA) is 89.8 Å². The number of hydrogen-bond donors (Lipinski definition) is 3. The van der Waals surface area contributed by atoms with Crippen molar-refractivity contribution >= 4 is 21.9 Å². The largest absolute Gasteiger partial charge is 0.485 e. The molecule has 0 spiro atoms. The van der Waals surface area contributed by atoms with E-state index >= 15 is 0 Å². The molecule has 7 nitrogen and oxygen atoms in total. The van der Waals surface area contributed by atoms with Gasteiger partial charge in [0.25, 0.3) is 12.0 Å². The monoisotopic (exact) mass is 519 g/mol. The molecule has 198 valence electrons. The lowest BCUT2D eigenvalue weighted by atomic mass is 9.88. The average molecular weight is 520 g/mol. The van der Waals surface area contributed by atoms with Crippen LogP contribution in [-0.4, -0.2) is 57.5 Å². The van der Waals surface area contributed by atoms with Gasteiger partial charge in [-0.15, -0.1) is 5.92 Å². The summed E-state index contributed by atoms with van der Waals surface area (Å²) >= 11 is 0. The van der Waals surface area contributed by atoms with Crippen molar-refractivity contribution in [1.29, 1.82) is 0 Å². The van der Waals surface area contributed by atoms with Crippen molar-refractivity contribution in [3.05, 3.63) is 45.5 Å². The third-order valence-corrected chi connectivity index (χ3v) is 7.83. The zero-order chi connectivity index (χ0) is 26.4. The summed E-state index contributed by atoms with van der Waals surface area (Å²) in [6.07, 6.45) is 3.12. The highest BCUT2D eigenvalue weighted by atomic mass is 19.3. The Hall–Kier alpha value is -3.64. The molecular formula is C29H31F2N5O2. The highest BCUT2D eigenvalue weighted by molar-refractivity contribution is 5.98. The Kier molecular flexibility index (Phi) is 6.44. The minimum atomic E-state index is -2.60. The number of fused-ring (bicyclic) bond motifs is 2. The first-order chi connectivity index (χ1) is 18.5. The Labute approximate surface area is 219 Å². The number of alkyl halides is 2. The van der Waals surface area contributed by atoms with Gasteiger partial charge in [-0.3, -0.25) is 4.79 Å². The second kappa shape index (κ2) is 9.91. The number of nitrogens with one attached hydrogen (secondary N) is 3. The van der Waals surface area contributed by atoms with Gasteiger partial charge in [0.1, 0.15) is 23.5 Å².